The molecule has 7 nitrogen and oxygen atoms in total. The van der Waals surface area contributed by atoms with E-state index in [-0.39, 0.29) is 12.3 Å². The van der Waals surface area contributed by atoms with Crippen LogP contribution in [0.5, 0.6) is 11.5 Å². The minimum Gasteiger partial charge on any atom is -0.490 e. The van der Waals surface area contributed by atoms with Gasteiger partial charge >= 0.3 is 18.0 Å². The lowest BCUT2D eigenvalue weighted by Gasteiger charge is -2.13. The maximum absolute atomic E-state index is 12.8. The summed E-state index contributed by atoms with van der Waals surface area (Å²) >= 11 is 5.99. The quantitative estimate of drug-likeness (QED) is 0.236. The van der Waals surface area contributed by atoms with Gasteiger partial charge in [0.1, 0.15) is 6.61 Å². The zero-order valence-corrected chi connectivity index (χ0v) is 19.7. The molecule has 0 aliphatic rings. The van der Waals surface area contributed by atoms with Gasteiger partial charge in [0.05, 0.1) is 18.4 Å². The molecule has 0 saturated carbocycles. The number of nitrogens with zero attached hydrogens (tertiary/aromatic N) is 1. The number of rotatable bonds is 8. The normalized spacial score (nSPS) is 11.2. The van der Waals surface area contributed by atoms with E-state index in [1.807, 2.05) is 24.5 Å². The molecule has 3 aromatic rings. The van der Waals surface area contributed by atoms with Gasteiger partial charge in [-0.05, 0) is 66.6 Å². The van der Waals surface area contributed by atoms with Gasteiger partial charge in [-0.3, -0.25) is 9.59 Å². The molecular formula is C25H21ClF3N3O4. The molecule has 0 fully saturated rings. The summed E-state index contributed by atoms with van der Waals surface area (Å²) in [7, 11) is 0. The summed E-state index contributed by atoms with van der Waals surface area (Å²) in [6, 6.07) is 16.1. The summed E-state index contributed by atoms with van der Waals surface area (Å²) < 4.78 is 49.8. The molecule has 0 heterocycles. The third-order valence-electron chi connectivity index (χ3n) is 4.58. The van der Waals surface area contributed by atoms with E-state index in [9.17, 15) is 22.8 Å². The van der Waals surface area contributed by atoms with Crippen LogP contribution in [0.15, 0.2) is 71.8 Å². The highest BCUT2D eigenvalue weighted by Gasteiger charge is 2.30. The number of ether oxygens (including phenoxy) is 2. The van der Waals surface area contributed by atoms with Crippen molar-refractivity contribution in [1.29, 1.82) is 0 Å². The highest BCUT2D eigenvalue weighted by molar-refractivity contribution is 6.39. The molecule has 2 amide bonds. The molecule has 0 spiro atoms. The average molecular weight is 520 g/mol. The van der Waals surface area contributed by atoms with Crippen molar-refractivity contribution in [2.75, 3.05) is 11.9 Å². The number of benzene rings is 3. The molecule has 0 aliphatic carbocycles. The molecule has 188 valence electrons. The Hall–Kier alpha value is -4.05. The van der Waals surface area contributed by atoms with Crippen molar-refractivity contribution in [3.63, 3.8) is 0 Å². The SMILES string of the molecule is CCOc1cc(/C=N/NC(=O)C(=O)Nc2cccc(C(F)(F)F)c2)ccc1OCc1cccc(Cl)c1. The first-order chi connectivity index (χ1) is 17.2. The minimum atomic E-state index is -4.58. The lowest BCUT2D eigenvalue weighted by Crippen LogP contribution is -2.32. The molecule has 3 rings (SSSR count). The molecule has 0 aliphatic heterocycles. The molecule has 0 aromatic heterocycles. The molecule has 0 bridgehead atoms. The van der Waals surface area contributed by atoms with Crippen LogP contribution in [0.2, 0.25) is 5.02 Å². The van der Waals surface area contributed by atoms with Crippen molar-refractivity contribution >= 4 is 35.3 Å². The summed E-state index contributed by atoms with van der Waals surface area (Å²) in [4.78, 5) is 24.0. The summed E-state index contributed by atoms with van der Waals surface area (Å²) in [5, 5.41) is 6.41. The van der Waals surface area contributed by atoms with Crippen molar-refractivity contribution in [3.05, 3.63) is 88.4 Å². The molecule has 36 heavy (non-hydrogen) atoms. The largest absolute Gasteiger partial charge is 0.490 e. The number of alkyl halides is 3. The molecule has 0 saturated heterocycles. The Kier molecular flexibility index (Phi) is 8.91. The minimum absolute atomic E-state index is 0.177. The van der Waals surface area contributed by atoms with Crippen LogP contribution in [0.25, 0.3) is 0 Å². The Morgan fingerprint density at radius 1 is 0.972 bits per heavy atom. The summed E-state index contributed by atoms with van der Waals surface area (Å²) in [6.07, 6.45) is -3.30. The first-order valence-electron chi connectivity index (χ1n) is 10.6. The fraction of sp³-hybridized carbons (Fsp3) is 0.160. The zero-order chi connectivity index (χ0) is 26.1. The summed E-state index contributed by atoms with van der Waals surface area (Å²) in [5.41, 5.74) is 2.30. The Bertz CT molecular complexity index is 1270. The molecule has 0 unspecified atom stereocenters. The Morgan fingerprint density at radius 2 is 1.75 bits per heavy atom. The van der Waals surface area contributed by atoms with E-state index in [0.717, 1.165) is 23.8 Å². The third-order valence-corrected chi connectivity index (χ3v) is 4.82. The Morgan fingerprint density at radius 3 is 2.47 bits per heavy atom. The number of nitrogens with one attached hydrogen (secondary N) is 2. The monoisotopic (exact) mass is 519 g/mol. The number of halogens is 4. The standard InChI is InChI=1S/C25H21ClF3N3O4/c1-2-35-22-12-16(9-10-21(22)36-15-17-5-3-7-19(26)11-17)14-30-32-24(34)23(33)31-20-8-4-6-18(13-20)25(27,28)29/h3-14H,2,15H2,1H3,(H,31,33)(H,32,34)/b30-14+. The molecule has 0 radical (unpaired) electrons. The fourth-order valence-corrected chi connectivity index (χ4v) is 3.17. The lowest BCUT2D eigenvalue weighted by atomic mass is 10.2. The van der Waals surface area contributed by atoms with Crippen LogP contribution in [-0.2, 0) is 22.4 Å². The van der Waals surface area contributed by atoms with Gasteiger partial charge in [0, 0.05) is 10.7 Å². The second kappa shape index (κ2) is 12.1. The van der Waals surface area contributed by atoms with E-state index >= 15 is 0 Å². The molecular weight excluding hydrogens is 499 g/mol. The van der Waals surface area contributed by atoms with Crippen LogP contribution in [0.1, 0.15) is 23.6 Å². The third kappa shape index (κ3) is 7.74. The number of carbonyl (C=O) groups is 2. The number of anilines is 1. The van der Waals surface area contributed by atoms with Gasteiger partial charge in [-0.1, -0.05) is 29.8 Å². The van der Waals surface area contributed by atoms with Crippen LogP contribution in [-0.4, -0.2) is 24.6 Å². The van der Waals surface area contributed by atoms with Crippen LogP contribution in [0.3, 0.4) is 0 Å². The van der Waals surface area contributed by atoms with Gasteiger partial charge in [-0.25, -0.2) is 5.43 Å². The van der Waals surface area contributed by atoms with E-state index in [1.54, 1.807) is 30.3 Å². The van der Waals surface area contributed by atoms with Crippen LogP contribution < -0.4 is 20.2 Å². The molecule has 2 N–H and O–H groups in total. The first-order valence-corrected chi connectivity index (χ1v) is 11.0. The predicted molar refractivity (Wildman–Crippen MR) is 129 cm³/mol. The van der Waals surface area contributed by atoms with Gasteiger partial charge in [-0.15, -0.1) is 0 Å². The van der Waals surface area contributed by atoms with E-state index in [0.29, 0.717) is 28.7 Å². The second-order valence-corrected chi connectivity index (χ2v) is 7.73. The lowest BCUT2D eigenvalue weighted by molar-refractivity contribution is -0.137. The number of hydrazone groups is 1. The maximum Gasteiger partial charge on any atom is 0.416 e. The smallest absolute Gasteiger partial charge is 0.416 e. The van der Waals surface area contributed by atoms with Gasteiger partial charge in [-0.2, -0.15) is 18.3 Å². The fourth-order valence-electron chi connectivity index (χ4n) is 2.96. The maximum atomic E-state index is 12.8. The number of hydrogen-bond donors (Lipinski definition) is 2. The summed E-state index contributed by atoms with van der Waals surface area (Å²) in [6.45, 7) is 2.45. The zero-order valence-electron chi connectivity index (χ0n) is 18.9. The number of hydrogen-bond acceptors (Lipinski definition) is 5. The van der Waals surface area contributed by atoms with Crippen molar-refractivity contribution < 1.29 is 32.2 Å². The number of carbonyl (C=O) groups excluding carboxylic acids is 2. The predicted octanol–water partition coefficient (Wildman–Crippen LogP) is 5.43. The molecule has 3 aromatic carbocycles. The topological polar surface area (TPSA) is 89.0 Å². The highest BCUT2D eigenvalue weighted by Crippen LogP contribution is 2.31. The van der Waals surface area contributed by atoms with Crippen LogP contribution >= 0.6 is 11.6 Å². The van der Waals surface area contributed by atoms with Crippen LogP contribution in [0.4, 0.5) is 18.9 Å². The molecule has 0 atom stereocenters. The molecule has 11 heteroatoms. The van der Waals surface area contributed by atoms with Gasteiger partial charge in [0.15, 0.2) is 11.5 Å². The summed E-state index contributed by atoms with van der Waals surface area (Å²) in [5.74, 6) is -1.41. The first kappa shape index (κ1) is 26.6. The van der Waals surface area contributed by atoms with Gasteiger partial charge < -0.3 is 14.8 Å². The Balaban J connectivity index is 1.60. The Labute approximate surface area is 209 Å². The van der Waals surface area contributed by atoms with Crippen molar-refractivity contribution in [2.24, 2.45) is 5.10 Å². The van der Waals surface area contributed by atoms with E-state index in [4.69, 9.17) is 21.1 Å². The van der Waals surface area contributed by atoms with Crippen molar-refractivity contribution in [3.8, 4) is 11.5 Å². The van der Waals surface area contributed by atoms with Crippen LogP contribution in [0, 0.1) is 0 Å². The van der Waals surface area contributed by atoms with Gasteiger partial charge in [0.2, 0.25) is 0 Å². The van der Waals surface area contributed by atoms with E-state index < -0.39 is 23.6 Å². The van der Waals surface area contributed by atoms with Gasteiger partial charge in [0.25, 0.3) is 0 Å². The van der Waals surface area contributed by atoms with E-state index in [2.05, 4.69) is 10.4 Å². The van der Waals surface area contributed by atoms with Crippen molar-refractivity contribution in [1.82, 2.24) is 5.43 Å². The second-order valence-electron chi connectivity index (χ2n) is 7.29. The average Bonchev–Trinajstić information content (AvgIpc) is 2.83. The number of amides is 2. The van der Waals surface area contributed by atoms with Crippen molar-refractivity contribution in [2.45, 2.75) is 19.7 Å². The highest BCUT2D eigenvalue weighted by atomic mass is 35.5. The van der Waals surface area contributed by atoms with E-state index in [1.165, 1.54) is 12.3 Å².